The number of hydrogen-bond acceptors (Lipinski definition) is 4. The van der Waals surface area contributed by atoms with Gasteiger partial charge in [0, 0.05) is 43.8 Å². The van der Waals surface area contributed by atoms with E-state index in [1.807, 2.05) is 23.0 Å². The fourth-order valence-electron chi connectivity index (χ4n) is 3.45. The molecule has 26 heavy (non-hydrogen) atoms. The highest BCUT2D eigenvalue weighted by molar-refractivity contribution is 5.39. The topological polar surface area (TPSA) is 43.2 Å². The van der Waals surface area contributed by atoms with Crippen LogP contribution in [0, 0.1) is 6.92 Å². The maximum Gasteiger partial charge on any atom is 0.122 e. The van der Waals surface area contributed by atoms with Gasteiger partial charge in [0.2, 0.25) is 0 Å². The summed E-state index contributed by atoms with van der Waals surface area (Å²) in [5.74, 6) is 0.915. The first-order chi connectivity index (χ1) is 12.8. The molecule has 2 aromatic heterocycles. The van der Waals surface area contributed by atoms with Crippen LogP contribution in [0.25, 0.3) is 5.69 Å². The van der Waals surface area contributed by atoms with Crippen molar-refractivity contribution >= 4 is 0 Å². The number of piperidine rings is 1. The van der Waals surface area contributed by atoms with Crippen molar-refractivity contribution in [2.75, 3.05) is 13.1 Å². The van der Waals surface area contributed by atoms with Gasteiger partial charge < -0.3 is 4.74 Å². The SMILES string of the molecule is Cc1ccccc1-n1cc(CN2CCC(Oc3ccncc3)CC2)cn1. The predicted octanol–water partition coefficient (Wildman–Crippen LogP) is 3.62. The molecule has 0 amide bonds. The Labute approximate surface area is 154 Å². The molecule has 5 heteroatoms. The molecule has 1 aliphatic heterocycles. The van der Waals surface area contributed by atoms with Crippen molar-refractivity contribution in [1.82, 2.24) is 19.7 Å². The highest BCUT2D eigenvalue weighted by Gasteiger charge is 2.21. The van der Waals surface area contributed by atoms with Crippen LogP contribution < -0.4 is 4.74 Å². The Balaban J connectivity index is 1.32. The molecule has 0 atom stereocenters. The molecule has 134 valence electrons. The maximum atomic E-state index is 6.05. The summed E-state index contributed by atoms with van der Waals surface area (Å²) in [5.41, 5.74) is 3.63. The van der Waals surface area contributed by atoms with Gasteiger partial charge in [0.25, 0.3) is 0 Å². The van der Waals surface area contributed by atoms with Crippen LogP contribution in [0.2, 0.25) is 0 Å². The quantitative estimate of drug-likeness (QED) is 0.706. The first-order valence-electron chi connectivity index (χ1n) is 9.16. The number of ether oxygens (including phenoxy) is 1. The fourth-order valence-corrected chi connectivity index (χ4v) is 3.45. The molecular formula is C21H24N4O. The third-order valence-corrected chi connectivity index (χ3v) is 4.89. The van der Waals surface area contributed by atoms with Crippen molar-refractivity contribution < 1.29 is 4.74 Å². The van der Waals surface area contributed by atoms with Gasteiger partial charge in [-0.3, -0.25) is 9.88 Å². The Morgan fingerprint density at radius 2 is 1.85 bits per heavy atom. The van der Waals surface area contributed by atoms with Gasteiger partial charge in [0.1, 0.15) is 11.9 Å². The number of nitrogens with zero attached hydrogens (tertiary/aromatic N) is 4. The van der Waals surface area contributed by atoms with Crippen molar-refractivity contribution in [3.63, 3.8) is 0 Å². The number of likely N-dealkylation sites (tertiary alicyclic amines) is 1. The highest BCUT2D eigenvalue weighted by atomic mass is 16.5. The zero-order valence-corrected chi connectivity index (χ0v) is 15.1. The Bertz CT molecular complexity index is 838. The Hall–Kier alpha value is -2.66. The van der Waals surface area contributed by atoms with Gasteiger partial charge in [0.05, 0.1) is 11.9 Å². The molecule has 0 radical (unpaired) electrons. The van der Waals surface area contributed by atoms with Crippen LogP contribution in [0.15, 0.2) is 61.2 Å². The molecule has 0 N–H and O–H groups in total. The number of aryl methyl sites for hydroxylation is 1. The number of benzene rings is 1. The van der Waals surface area contributed by atoms with Crippen LogP contribution in [-0.4, -0.2) is 38.9 Å². The van der Waals surface area contributed by atoms with E-state index in [-0.39, 0.29) is 0 Å². The minimum atomic E-state index is 0.295. The minimum Gasteiger partial charge on any atom is -0.490 e. The maximum absolute atomic E-state index is 6.05. The molecule has 0 bridgehead atoms. The Morgan fingerprint density at radius 1 is 1.08 bits per heavy atom. The molecular weight excluding hydrogens is 324 g/mol. The van der Waals surface area contributed by atoms with Gasteiger partial charge in [-0.25, -0.2) is 4.68 Å². The lowest BCUT2D eigenvalue weighted by Crippen LogP contribution is -2.37. The summed E-state index contributed by atoms with van der Waals surface area (Å²) in [4.78, 5) is 6.51. The van der Waals surface area contributed by atoms with Gasteiger partial charge in [-0.2, -0.15) is 5.10 Å². The van der Waals surface area contributed by atoms with Crippen LogP contribution in [0.3, 0.4) is 0 Å². The van der Waals surface area contributed by atoms with Gasteiger partial charge >= 0.3 is 0 Å². The third kappa shape index (κ3) is 3.94. The molecule has 0 saturated carbocycles. The number of aromatic nitrogens is 3. The highest BCUT2D eigenvalue weighted by Crippen LogP contribution is 2.20. The van der Waals surface area contributed by atoms with Crippen LogP contribution >= 0.6 is 0 Å². The second-order valence-electron chi connectivity index (χ2n) is 6.86. The van der Waals surface area contributed by atoms with E-state index in [4.69, 9.17) is 4.74 Å². The van der Waals surface area contributed by atoms with E-state index in [0.717, 1.165) is 43.9 Å². The van der Waals surface area contributed by atoms with Crippen molar-refractivity contribution in [2.24, 2.45) is 0 Å². The first kappa shape index (κ1) is 16.8. The summed E-state index contributed by atoms with van der Waals surface area (Å²) in [6.07, 6.45) is 10.1. The molecule has 1 aliphatic rings. The molecule has 4 rings (SSSR count). The molecule has 1 saturated heterocycles. The number of pyridine rings is 1. The average Bonchev–Trinajstić information content (AvgIpc) is 3.13. The summed E-state index contributed by atoms with van der Waals surface area (Å²) >= 11 is 0. The smallest absolute Gasteiger partial charge is 0.122 e. The average molecular weight is 348 g/mol. The fraction of sp³-hybridized carbons (Fsp3) is 0.333. The van der Waals surface area contributed by atoms with Crippen molar-refractivity contribution in [3.8, 4) is 11.4 Å². The Kier molecular flexibility index (Phi) is 4.97. The van der Waals surface area contributed by atoms with Crippen molar-refractivity contribution in [3.05, 3.63) is 72.3 Å². The zero-order chi connectivity index (χ0) is 17.8. The van der Waals surface area contributed by atoms with Gasteiger partial charge in [-0.15, -0.1) is 0 Å². The van der Waals surface area contributed by atoms with E-state index in [9.17, 15) is 0 Å². The van der Waals surface area contributed by atoms with E-state index < -0.39 is 0 Å². The summed E-state index contributed by atoms with van der Waals surface area (Å²) in [5, 5.41) is 4.54. The van der Waals surface area contributed by atoms with E-state index >= 15 is 0 Å². The second kappa shape index (κ2) is 7.70. The lowest BCUT2D eigenvalue weighted by Gasteiger charge is -2.31. The molecule has 1 aromatic carbocycles. The predicted molar refractivity (Wildman–Crippen MR) is 101 cm³/mol. The molecule has 1 fully saturated rings. The second-order valence-corrected chi connectivity index (χ2v) is 6.86. The molecule has 0 unspecified atom stereocenters. The molecule has 0 aliphatic carbocycles. The first-order valence-corrected chi connectivity index (χ1v) is 9.16. The monoisotopic (exact) mass is 348 g/mol. The van der Waals surface area contributed by atoms with E-state index in [2.05, 4.69) is 52.4 Å². The number of hydrogen-bond donors (Lipinski definition) is 0. The van der Waals surface area contributed by atoms with Gasteiger partial charge in [-0.05, 0) is 43.5 Å². The van der Waals surface area contributed by atoms with Crippen LogP contribution in [0.1, 0.15) is 24.0 Å². The van der Waals surface area contributed by atoms with Gasteiger partial charge in [0.15, 0.2) is 0 Å². The van der Waals surface area contributed by atoms with E-state index in [1.54, 1.807) is 12.4 Å². The summed E-state index contributed by atoms with van der Waals surface area (Å²) < 4.78 is 8.02. The minimum absolute atomic E-state index is 0.295. The van der Waals surface area contributed by atoms with Crippen LogP contribution in [0.4, 0.5) is 0 Å². The van der Waals surface area contributed by atoms with Crippen molar-refractivity contribution in [1.29, 1.82) is 0 Å². The summed E-state index contributed by atoms with van der Waals surface area (Å²) in [6, 6.07) is 12.2. The van der Waals surface area contributed by atoms with Crippen molar-refractivity contribution in [2.45, 2.75) is 32.4 Å². The van der Waals surface area contributed by atoms with Crippen LogP contribution in [0.5, 0.6) is 5.75 Å². The lowest BCUT2D eigenvalue weighted by molar-refractivity contribution is 0.0967. The van der Waals surface area contributed by atoms with Crippen LogP contribution in [-0.2, 0) is 6.54 Å². The Morgan fingerprint density at radius 3 is 2.62 bits per heavy atom. The molecule has 0 spiro atoms. The summed E-state index contributed by atoms with van der Waals surface area (Å²) in [7, 11) is 0. The molecule has 3 aromatic rings. The number of rotatable bonds is 5. The lowest BCUT2D eigenvalue weighted by atomic mass is 10.1. The van der Waals surface area contributed by atoms with E-state index in [1.165, 1.54) is 11.1 Å². The zero-order valence-electron chi connectivity index (χ0n) is 15.1. The standard InChI is InChI=1S/C21H24N4O/c1-17-4-2-3-5-21(17)25-16-18(14-23-25)15-24-12-8-20(9-13-24)26-19-6-10-22-11-7-19/h2-7,10-11,14,16,20H,8-9,12-13,15H2,1H3. The van der Waals surface area contributed by atoms with E-state index in [0.29, 0.717) is 6.10 Å². The third-order valence-electron chi connectivity index (χ3n) is 4.89. The number of para-hydroxylation sites is 1. The normalized spacial score (nSPS) is 15.9. The molecule has 5 nitrogen and oxygen atoms in total. The molecule has 3 heterocycles. The van der Waals surface area contributed by atoms with Gasteiger partial charge in [-0.1, -0.05) is 18.2 Å². The largest absolute Gasteiger partial charge is 0.490 e. The summed E-state index contributed by atoms with van der Waals surface area (Å²) in [6.45, 7) is 5.15.